The molecule has 0 aliphatic rings. The maximum Gasteiger partial charge on any atom is 0.319 e. The van der Waals surface area contributed by atoms with Gasteiger partial charge in [0.1, 0.15) is 0 Å². The van der Waals surface area contributed by atoms with Gasteiger partial charge in [0, 0.05) is 23.2 Å². The number of anilines is 1. The molecule has 0 saturated heterocycles. The van der Waals surface area contributed by atoms with Gasteiger partial charge < -0.3 is 15.7 Å². The van der Waals surface area contributed by atoms with E-state index in [4.69, 9.17) is 5.11 Å². The number of urea groups is 1. The monoisotopic (exact) mass is 254 g/mol. The van der Waals surface area contributed by atoms with E-state index in [2.05, 4.69) is 10.6 Å². The number of rotatable bonds is 5. The molecule has 0 saturated carbocycles. The Morgan fingerprint density at radius 2 is 2.06 bits per heavy atom. The minimum atomic E-state index is -0.247. The van der Waals surface area contributed by atoms with Crippen LogP contribution in [0, 0.1) is 0 Å². The molecule has 3 N–H and O–H groups in total. The third-order valence-corrected chi connectivity index (χ3v) is 3.03. The molecule has 1 atom stereocenters. The topological polar surface area (TPSA) is 61.4 Å². The first kappa shape index (κ1) is 13.9. The summed E-state index contributed by atoms with van der Waals surface area (Å²) >= 11 is 1.66. The summed E-state index contributed by atoms with van der Waals surface area (Å²) in [7, 11) is 0. The van der Waals surface area contributed by atoms with Crippen LogP contribution in [0.4, 0.5) is 10.5 Å². The minimum Gasteiger partial charge on any atom is -0.396 e. The Labute approximate surface area is 106 Å². The Morgan fingerprint density at radius 3 is 2.59 bits per heavy atom. The zero-order valence-electron chi connectivity index (χ0n) is 10.1. The fourth-order valence-corrected chi connectivity index (χ4v) is 1.74. The van der Waals surface area contributed by atoms with E-state index in [0.717, 1.165) is 10.6 Å². The Bertz CT molecular complexity index is 354. The van der Waals surface area contributed by atoms with Gasteiger partial charge in [0.05, 0.1) is 0 Å². The van der Waals surface area contributed by atoms with E-state index in [1.54, 1.807) is 11.8 Å². The summed E-state index contributed by atoms with van der Waals surface area (Å²) in [5.74, 6) is 0. The number of carbonyl (C=O) groups excluding carboxylic acids is 1. The maximum atomic E-state index is 11.5. The molecule has 0 bridgehead atoms. The summed E-state index contributed by atoms with van der Waals surface area (Å²) in [5.41, 5.74) is 0.761. The van der Waals surface area contributed by atoms with Gasteiger partial charge in [-0.2, -0.15) is 0 Å². The van der Waals surface area contributed by atoms with Crippen LogP contribution in [0.15, 0.2) is 29.2 Å². The minimum absolute atomic E-state index is 0.0366. The number of benzene rings is 1. The van der Waals surface area contributed by atoms with Crippen LogP contribution in [0.2, 0.25) is 0 Å². The zero-order valence-corrected chi connectivity index (χ0v) is 10.9. The summed E-state index contributed by atoms with van der Waals surface area (Å²) in [6.45, 7) is 1.93. The first-order valence-electron chi connectivity index (χ1n) is 5.48. The van der Waals surface area contributed by atoms with Crippen molar-refractivity contribution < 1.29 is 9.90 Å². The van der Waals surface area contributed by atoms with Crippen LogP contribution in [-0.2, 0) is 0 Å². The highest BCUT2D eigenvalue weighted by molar-refractivity contribution is 7.98. The molecule has 4 nitrogen and oxygen atoms in total. The maximum absolute atomic E-state index is 11.5. The number of hydrogen-bond acceptors (Lipinski definition) is 3. The molecule has 2 amide bonds. The predicted octanol–water partition coefficient (Wildman–Crippen LogP) is 2.30. The number of hydrogen-bond donors (Lipinski definition) is 3. The summed E-state index contributed by atoms with van der Waals surface area (Å²) in [5, 5.41) is 14.2. The smallest absolute Gasteiger partial charge is 0.319 e. The van der Waals surface area contributed by atoms with E-state index in [9.17, 15) is 4.79 Å². The SMILES string of the molecule is CSc1ccc(NC(=O)N[C@H](C)CCO)cc1. The molecule has 5 heteroatoms. The molecule has 0 heterocycles. The van der Waals surface area contributed by atoms with E-state index < -0.39 is 0 Å². The number of aliphatic hydroxyl groups is 1. The lowest BCUT2D eigenvalue weighted by Gasteiger charge is -2.13. The van der Waals surface area contributed by atoms with Gasteiger partial charge in [-0.05, 0) is 43.9 Å². The van der Waals surface area contributed by atoms with Crippen molar-refractivity contribution >= 4 is 23.5 Å². The molecule has 0 aliphatic carbocycles. The molecule has 1 aromatic carbocycles. The van der Waals surface area contributed by atoms with Gasteiger partial charge in [0.2, 0.25) is 0 Å². The molecule has 1 rings (SSSR count). The highest BCUT2D eigenvalue weighted by atomic mass is 32.2. The molecule has 94 valence electrons. The largest absolute Gasteiger partial charge is 0.396 e. The van der Waals surface area contributed by atoms with E-state index in [1.165, 1.54) is 0 Å². The van der Waals surface area contributed by atoms with Crippen LogP contribution >= 0.6 is 11.8 Å². The van der Waals surface area contributed by atoms with Gasteiger partial charge in [-0.3, -0.25) is 0 Å². The molecule has 1 aromatic rings. The number of thioether (sulfide) groups is 1. The molecule has 0 aromatic heterocycles. The van der Waals surface area contributed by atoms with E-state index in [1.807, 2.05) is 37.4 Å². The van der Waals surface area contributed by atoms with Gasteiger partial charge in [-0.15, -0.1) is 11.8 Å². The number of carbonyl (C=O) groups is 1. The van der Waals surface area contributed by atoms with Crippen molar-refractivity contribution in [2.75, 3.05) is 18.2 Å². The van der Waals surface area contributed by atoms with Crippen molar-refractivity contribution in [1.82, 2.24) is 5.32 Å². The van der Waals surface area contributed by atoms with Gasteiger partial charge >= 0.3 is 6.03 Å². The molecule has 0 aliphatic heterocycles. The summed E-state index contributed by atoms with van der Waals surface area (Å²) in [6.07, 6.45) is 2.56. The van der Waals surface area contributed by atoms with E-state index >= 15 is 0 Å². The highest BCUT2D eigenvalue weighted by Gasteiger charge is 2.06. The Kier molecular flexibility index (Phi) is 5.86. The van der Waals surface area contributed by atoms with Crippen LogP contribution in [0.1, 0.15) is 13.3 Å². The predicted molar refractivity (Wildman–Crippen MR) is 71.5 cm³/mol. The Balaban J connectivity index is 2.44. The second-order valence-corrected chi connectivity index (χ2v) is 4.62. The Hall–Kier alpha value is -1.20. The molecule has 17 heavy (non-hydrogen) atoms. The standard InChI is InChI=1S/C12H18N2O2S/c1-9(7-8-15)13-12(16)14-10-3-5-11(17-2)6-4-10/h3-6,9,15H,7-8H2,1-2H3,(H2,13,14,16)/t9-/m1/s1. The van der Waals surface area contributed by atoms with E-state index in [0.29, 0.717) is 6.42 Å². The molecular formula is C12H18N2O2S. The number of aliphatic hydroxyl groups excluding tert-OH is 1. The quantitative estimate of drug-likeness (QED) is 0.707. The fourth-order valence-electron chi connectivity index (χ4n) is 1.33. The average molecular weight is 254 g/mol. The van der Waals surface area contributed by atoms with Crippen LogP contribution < -0.4 is 10.6 Å². The van der Waals surface area contributed by atoms with Gasteiger partial charge in [0.25, 0.3) is 0 Å². The lowest BCUT2D eigenvalue weighted by atomic mass is 10.2. The van der Waals surface area contributed by atoms with Gasteiger partial charge in [-0.1, -0.05) is 0 Å². The van der Waals surface area contributed by atoms with E-state index in [-0.39, 0.29) is 18.7 Å². The first-order chi connectivity index (χ1) is 8.15. The van der Waals surface area contributed by atoms with Crippen LogP contribution in [0.5, 0.6) is 0 Å². The fraction of sp³-hybridized carbons (Fsp3) is 0.417. The first-order valence-corrected chi connectivity index (χ1v) is 6.70. The lowest BCUT2D eigenvalue weighted by Crippen LogP contribution is -2.36. The average Bonchev–Trinajstić information content (AvgIpc) is 2.30. The highest BCUT2D eigenvalue weighted by Crippen LogP contribution is 2.17. The second-order valence-electron chi connectivity index (χ2n) is 3.74. The normalized spacial score (nSPS) is 11.9. The Morgan fingerprint density at radius 1 is 1.41 bits per heavy atom. The molecule has 0 spiro atoms. The zero-order chi connectivity index (χ0) is 12.7. The third kappa shape index (κ3) is 5.10. The van der Waals surface area contributed by atoms with Crippen molar-refractivity contribution in [3.8, 4) is 0 Å². The third-order valence-electron chi connectivity index (χ3n) is 2.29. The lowest BCUT2D eigenvalue weighted by molar-refractivity contribution is 0.241. The van der Waals surface area contributed by atoms with Crippen LogP contribution in [-0.4, -0.2) is 30.0 Å². The molecule has 0 radical (unpaired) electrons. The number of amides is 2. The molecule has 0 fully saturated rings. The van der Waals surface area contributed by atoms with Crippen LogP contribution in [0.25, 0.3) is 0 Å². The molecule has 0 unspecified atom stereocenters. The van der Waals surface area contributed by atoms with Crippen LogP contribution in [0.3, 0.4) is 0 Å². The van der Waals surface area contributed by atoms with Gasteiger partial charge in [-0.25, -0.2) is 4.79 Å². The van der Waals surface area contributed by atoms with Crippen molar-refractivity contribution in [3.63, 3.8) is 0 Å². The molecular weight excluding hydrogens is 236 g/mol. The van der Waals surface area contributed by atoms with Crippen molar-refractivity contribution in [1.29, 1.82) is 0 Å². The summed E-state index contributed by atoms with van der Waals surface area (Å²) < 4.78 is 0. The van der Waals surface area contributed by atoms with Crippen molar-refractivity contribution in [2.24, 2.45) is 0 Å². The number of nitrogens with one attached hydrogen (secondary N) is 2. The summed E-state index contributed by atoms with van der Waals surface area (Å²) in [4.78, 5) is 12.7. The second kappa shape index (κ2) is 7.19. The summed E-state index contributed by atoms with van der Waals surface area (Å²) in [6, 6.07) is 7.35. The van der Waals surface area contributed by atoms with Crippen molar-refractivity contribution in [2.45, 2.75) is 24.3 Å². The van der Waals surface area contributed by atoms with Gasteiger partial charge in [0.15, 0.2) is 0 Å². The van der Waals surface area contributed by atoms with Crippen molar-refractivity contribution in [3.05, 3.63) is 24.3 Å².